The average molecular weight is 401 g/mol. The number of thioether (sulfide) groups is 1. The minimum absolute atomic E-state index is 0.0261. The van der Waals surface area contributed by atoms with Gasteiger partial charge in [0.25, 0.3) is 5.91 Å². The van der Waals surface area contributed by atoms with Crippen LogP contribution in [0.3, 0.4) is 0 Å². The highest BCUT2D eigenvalue weighted by Gasteiger charge is 2.20. The molecule has 6 nitrogen and oxygen atoms in total. The third kappa shape index (κ3) is 6.13. The molecule has 0 aliphatic carbocycles. The quantitative estimate of drug-likeness (QED) is 0.389. The number of anilines is 1. The molecule has 0 radical (unpaired) electrons. The van der Waals surface area contributed by atoms with E-state index < -0.39 is 18.0 Å². The molecule has 1 N–H and O–H groups in total. The number of rotatable bonds is 9. The van der Waals surface area contributed by atoms with Gasteiger partial charge in [-0.25, -0.2) is 0 Å². The van der Waals surface area contributed by atoms with Crippen LogP contribution in [0.15, 0.2) is 53.4 Å². The van der Waals surface area contributed by atoms with Crippen molar-refractivity contribution >= 4 is 35.1 Å². The van der Waals surface area contributed by atoms with Gasteiger partial charge in [0, 0.05) is 16.9 Å². The summed E-state index contributed by atoms with van der Waals surface area (Å²) in [7, 11) is 1.50. The van der Waals surface area contributed by atoms with Gasteiger partial charge >= 0.3 is 5.97 Å². The van der Waals surface area contributed by atoms with Crippen LogP contribution in [0.4, 0.5) is 5.69 Å². The summed E-state index contributed by atoms with van der Waals surface area (Å²) in [6.07, 6.45) is 0.902. The molecule has 0 aliphatic rings. The molecule has 0 fully saturated rings. The van der Waals surface area contributed by atoms with Crippen LogP contribution in [0.1, 0.15) is 30.1 Å². The van der Waals surface area contributed by atoms with Crippen molar-refractivity contribution in [3.8, 4) is 5.75 Å². The number of para-hydroxylation sites is 2. The molecule has 148 valence electrons. The molecule has 28 heavy (non-hydrogen) atoms. The van der Waals surface area contributed by atoms with E-state index in [0.29, 0.717) is 17.0 Å². The lowest BCUT2D eigenvalue weighted by Gasteiger charge is -2.15. The normalized spacial score (nSPS) is 11.4. The SMILES string of the molecule is COc1ccccc1NC(=O)[C@H](C)OC(=O)CCC(=O)c1ccc(SC)cc1. The van der Waals surface area contributed by atoms with Crippen LogP contribution in [0.5, 0.6) is 5.75 Å². The monoisotopic (exact) mass is 401 g/mol. The van der Waals surface area contributed by atoms with Gasteiger partial charge < -0.3 is 14.8 Å². The van der Waals surface area contributed by atoms with Crippen molar-refractivity contribution in [1.82, 2.24) is 0 Å². The first-order valence-corrected chi connectivity index (χ1v) is 9.97. The van der Waals surface area contributed by atoms with E-state index in [9.17, 15) is 14.4 Å². The maximum atomic E-state index is 12.2. The largest absolute Gasteiger partial charge is 0.495 e. The molecule has 2 aromatic carbocycles. The number of ketones is 1. The highest BCUT2D eigenvalue weighted by atomic mass is 32.2. The maximum Gasteiger partial charge on any atom is 0.307 e. The lowest BCUT2D eigenvalue weighted by Crippen LogP contribution is -2.30. The van der Waals surface area contributed by atoms with Gasteiger partial charge in [0.2, 0.25) is 0 Å². The summed E-state index contributed by atoms with van der Waals surface area (Å²) < 4.78 is 10.3. The van der Waals surface area contributed by atoms with Gasteiger partial charge in [-0.3, -0.25) is 14.4 Å². The Labute approximate surface area is 168 Å². The first-order chi connectivity index (χ1) is 13.4. The highest BCUT2D eigenvalue weighted by Crippen LogP contribution is 2.23. The summed E-state index contributed by atoms with van der Waals surface area (Å²) >= 11 is 1.59. The van der Waals surface area contributed by atoms with Crippen LogP contribution < -0.4 is 10.1 Å². The molecule has 0 saturated heterocycles. The van der Waals surface area contributed by atoms with Crippen LogP contribution in [0.2, 0.25) is 0 Å². The Bertz CT molecular complexity index is 835. The number of nitrogens with one attached hydrogen (secondary N) is 1. The first kappa shape index (κ1) is 21.5. The number of carbonyl (C=O) groups is 3. The predicted molar refractivity (Wildman–Crippen MR) is 109 cm³/mol. The Kier molecular flexibility index (Phi) is 8.07. The van der Waals surface area contributed by atoms with Crippen molar-refractivity contribution in [2.75, 3.05) is 18.7 Å². The number of hydrogen-bond acceptors (Lipinski definition) is 6. The summed E-state index contributed by atoms with van der Waals surface area (Å²) in [6.45, 7) is 1.48. The van der Waals surface area contributed by atoms with Crippen molar-refractivity contribution in [2.45, 2.75) is 30.8 Å². The Morgan fingerprint density at radius 1 is 1.04 bits per heavy atom. The van der Waals surface area contributed by atoms with E-state index in [1.165, 1.54) is 14.0 Å². The number of methoxy groups -OCH3 is 1. The van der Waals surface area contributed by atoms with Crippen molar-refractivity contribution in [3.63, 3.8) is 0 Å². The zero-order valence-electron chi connectivity index (χ0n) is 16.1. The molecule has 0 aliphatic heterocycles. The third-order valence-electron chi connectivity index (χ3n) is 4.01. The van der Waals surface area contributed by atoms with Crippen molar-refractivity contribution < 1.29 is 23.9 Å². The molecule has 1 amide bonds. The highest BCUT2D eigenvalue weighted by molar-refractivity contribution is 7.98. The van der Waals surface area contributed by atoms with Crippen LogP contribution >= 0.6 is 11.8 Å². The van der Waals surface area contributed by atoms with Crippen LogP contribution in [0.25, 0.3) is 0 Å². The second kappa shape index (κ2) is 10.5. The topological polar surface area (TPSA) is 81.7 Å². The van der Waals surface area contributed by atoms with Crippen LogP contribution in [0, 0.1) is 0 Å². The lowest BCUT2D eigenvalue weighted by molar-refractivity contribution is -0.153. The van der Waals surface area contributed by atoms with Gasteiger partial charge in [0.15, 0.2) is 11.9 Å². The molecule has 1 atom stereocenters. The number of benzene rings is 2. The smallest absolute Gasteiger partial charge is 0.307 e. The van der Waals surface area contributed by atoms with Crippen molar-refractivity contribution in [3.05, 3.63) is 54.1 Å². The van der Waals surface area contributed by atoms with Gasteiger partial charge in [-0.15, -0.1) is 11.8 Å². The number of ether oxygens (including phenoxy) is 2. The van der Waals surface area contributed by atoms with Gasteiger partial charge in [-0.2, -0.15) is 0 Å². The average Bonchev–Trinajstić information content (AvgIpc) is 2.72. The Hall–Kier alpha value is -2.80. The van der Waals surface area contributed by atoms with Crippen LogP contribution in [-0.2, 0) is 14.3 Å². The summed E-state index contributed by atoms with van der Waals surface area (Å²) in [5.74, 6) is -0.711. The maximum absolute atomic E-state index is 12.2. The fourth-order valence-corrected chi connectivity index (χ4v) is 2.84. The Balaban J connectivity index is 1.82. The summed E-state index contributed by atoms with van der Waals surface area (Å²) in [5, 5.41) is 2.66. The van der Waals surface area contributed by atoms with Gasteiger partial charge in [-0.05, 0) is 37.4 Å². The molecule has 7 heteroatoms. The fourth-order valence-electron chi connectivity index (χ4n) is 2.43. The molecule has 2 rings (SSSR count). The van der Waals surface area contributed by atoms with E-state index in [4.69, 9.17) is 9.47 Å². The second-order valence-corrected chi connectivity index (χ2v) is 6.85. The summed E-state index contributed by atoms with van der Waals surface area (Å²) in [4.78, 5) is 37.4. The van der Waals surface area contributed by atoms with E-state index in [2.05, 4.69) is 5.32 Å². The molecule has 0 spiro atoms. The van der Waals surface area contributed by atoms with E-state index in [1.807, 2.05) is 18.4 Å². The van der Waals surface area contributed by atoms with Crippen LogP contribution in [-0.4, -0.2) is 37.1 Å². The molecular weight excluding hydrogens is 378 g/mol. The number of Topliss-reactive ketones (excluding diaryl/α,β-unsaturated/α-hetero) is 1. The fraction of sp³-hybridized carbons (Fsp3) is 0.286. The Morgan fingerprint density at radius 2 is 1.71 bits per heavy atom. The number of esters is 1. The lowest BCUT2D eigenvalue weighted by atomic mass is 10.1. The van der Waals surface area contributed by atoms with Gasteiger partial charge in [0.1, 0.15) is 5.75 Å². The minimum atomic E-state index is -0.992. The summed E-state index contributed by atoms with van der Waals surface area (Å²) in [6, 6.07) is 14.1. The zero-order chi connectivity index (χ0) is 20.5. The predicted octanol–water partition coefficient (Wildman–Crippen LogP) is 3.95. The van der Waals surface area contributed by atoms with Crippen molar-refractivity contribution in [2.24, 2.45) is 0 Å². The molecule has 2 aromatic rings. The van der Waals surface area contributed by atoms with Crippen molar-refractivity contribution in [1.29, 1.82) is 0 Å². The molecule has 0 heterocycles. The molecular formula is C21H23NO5S. The number of hydrogen-bond donors (Lipinski definition) is 1. The molecule has 0 bridgehead atoms. The first-order valence-electron chi connectivity index (χ1n) is 8.75. The van der Waals surface area contributed by atoms with E-state index in [0.717, 1.165) is 4.90 Å². The number of amides is 1. The molecule has 0 unspecified atom stereocenters. The molecule has 0 saturated carbocycles. The zero-order valence-corrected chi connectivity index (χ0v) is 16.9. The summed E-state index contributed by atoms with van der Waals surface area (Å²) in [5.41, 5.74) is 1.04. The van der Waals surface area contributed by atoms with E-state index in [1.54, 1.807) is 48.2 Å². The van der Waals surface area contributed by atoms with Gasteiger partial charge in [0.05, 0.1) is 19.2 Å². The number of carbonyl (C=O) groups excluding carboxylic acids is 3. The Morgan fingerprint density at radius 3 is 2.36 bits per heavy atom. The van der Waals surface area contributed by atoms with E-state index in [-0.39, 0.29) is 18.6 Å². The minimum Gasteiger partial charge on any atom is -0.495 e. The standard InChI is InChI=1S/C21H23NO5S/c1-14(21(25)22-17-6-4-5-7-19(17)26-2)27-20(24)13-12-18(23)15-8-10-16(28-3)11-9-15/h4-11,14H,12-13H2,1-3H3,(H,22,25)/t14-/m0/s1. The third-order valence-corrected chi connectivity index (χ3v) is 4.75. The van der Waals surface area contributed by atoms with E-state index >= 15 is 0 Å². The van der Waals surface area contributed by atoms with Gasteiger partial charge in [-0.1, -0.05) is 24.3 Å². The molecule has 0 aromatic heterocycles. The second-order valence-electron chi connectivity index (χ2n) is 5.97.